The van der Waals surface area contributed by atoms with Crippen LogP contribution in [0.2, 0.25) is 0 Å². The van der Waals surface area contributed by atoms with E-state index in [1.54, 1.807) is 24.5 Å². The number of hydrogen-bond donors (Lipinski definition) is 1. The third kappa shape index (κ3) is 3.26. The van der Waals surface area contributed by atoms with Crippen molar-refractivity contribution in [1.82, 2.24) is 4.98 Å². The first-order chi connectivity index (χ1) is 9.50. The molecule has 0 fully saturated rings. The van der Waals surface area contributed by atoms with E-state index in [4.69, 9.17) is 5.26 Å². The maximum atomic E-state index is 12.6. The predicted octanol–water partition coefficient (Wildman–Crippen LogP) is 3.58. The van der Waals surface area contributed by atoms with Crippen molar-refractivity contribution in [2.45, 2.75) is 12.7 Å². The molecule has 20 heavy (non-hydrogen) atoms. The second-order valence-electron chi connectivity index (χ2n) is 4.08. The van der Waals surface area contributed by atoms with E-state index in [2.05, 4.69) is 10.3 Å². The Morgan fingerprint density at radius 1 is 1.25 bits per heavy atom. The first-order valence-electron chi connectivity index (χ1n) is 5.75. The van der Waals surface area contributed by atoms with Gasteiger partial charge in [-0.2, -0.15) is 18.4 Å². The molecule has 0 saturated carbocycles. The minimum atomic E-state index is -4.43. The molecule has 0 aliphatic carbocycles. The normalized spacial score (nSPS) is 10.9. The molecule has 0 atom stereocenters. The Balaban J connectivity index is 2.24. The van der Waals surface area contributed by atoms with Gasteiger partial charge in [0.15, 0.2) is 0 Å². The Kier molecular flexibility index (Phi) is 3.89. The van der Waals surface area contributed by atoms with Crippen molar-refractivity contribution >= 4 is 5.69 Å². The Hall–Kier alpha value is -2.55. The zero-order valence-corrected chi connectivity index (χ0v) is 10.3. The monoisotopic (exact) mass is 277 g/mol. The molecule has 1 aromatic heterocycles. The summed E-state index contributed by atoms with van der Waals surface area (Å²) in [6, 6.07) is 8.38. The molecule has 0 saturated heterocycles. The van der Waals surface area contributed by atoms with E-state index in [0.29, 0.717) is 6.54 Å². The standard InChI is InChI=1S/C14H10F3N3/c15-14(16,17)12-4-3-11(7-18)13(6-12)20-9-10-2-1-5-19-8-10/h1-6,8,20H,9H2. The lowest BCUT2D eigenvalue weighted by molar-refractivity contribution is -0.137. The molecule has 0 unspecified atom stereocenters. The van der Waals surface area contributed by atoms with Gasteiger partial charge in [0.2, 0.25) is 0 Å². The average molecular weight is 277 g/mol. The molecule has 2 rings (SSSR count). The molecule has 2 aromatic rings. The van der Waals surface area contributed by atoms with Crippen LogP contribution >= 0.6 is 0 Å². The lowest BCUT2D eigenvalue weighted by Crippen LogP contribution is -2.08. The lowest BCUT2D eigenvalue weighted by Gasteiger charge is -2.12. The second-order valence-corrected chi connectivity index (χ2v) is 4.08. The molecule has 6 heteroatoms. The first-order valence-corrected chi connectivity index (χ1v) is 5.75. The molecule has 0 aliphatic rings. The smallest absolute Gasteiger partial charge is 0.380 e. The van der Waals surface area contributed by atoms with Crippen LogP contribution in [0.15, 0.2) is 42.7 Å². The van der Waals surface area contributed by atoms with Crippen molar-refractivity contribution in [2.75, 3.05) is 5.32 Å². The van der Waals surface area contributed by atoms with E-state index in [1.807, 2.05) is 6.07 Å². The molecule has 0 amide bonds. The molecule has 1 aromatic carbocycles. The van der Waals surface area contributed by atoms with E-state index in [0.717, 1.165) is 23.8 Å². The third-order valence-electron chi connectivity index (χ3n) is 2.67. The van der Waals surface area contributed by atoms with Crippen LogP contribution in [0.25, 0.3) is 0 Å². The van der Waals surface area contributed by atoms with Crippen molar-refractivity contribution in [1.29, 1.82) is 5.26 Å². The average Bonchev–Trinajstić information content (AvgIpc) is 2.45. The fraction of sp³-hybridized carbons (Fsp3) is 0.143. The van der Waals surface area contributed by atoms with Crippen LogP contribution in [0.5, 0.6) is 0 Å². The number of nitriles is 1. The van der Waals surface area contributed by atoms with Gasteiger partial charge in [0.1, 0.15) is 6.07 Å². The Morgan fingerprint density at radius 3 is 2.65 bits per heavy atom. The minimum Gasteiger partial charge on any atom is -0.380 e. The maximum absolute atomic E-state index is 12.6. The van der Waals surface area contributed by atoms with Crippen LogP contribution in [0.3, 0.4) is 0 Å². The summed E-state index contributed by atoms with van der Waals surface area (Å²) in [5, 5.41) is 11.8. The van der Waals surface area contributed by atoms with Gasteiger partial charge in [-0.15, -0.1) is 0 Å². The van der Waals surface area contributed by atoms with Gasteiger partial charge < -0.3 is 5.32 Å². The zero-order valence-electron chi connectivity index (χ0n) is 10.3. The first kappa shape index (κ1) is 13.9. The SMILES string of the molecule is N#Cc1ccc(C(F)(F)F)cc1NCc1cccnc1. The van der Waals surface area contributed by atoms with Gasteiger partial charge in [-0.25, -0.2) is 0 Å². The highest BCUT2D eigenvalue weighted by atomic mass is 19.4. The van der Waals surface area contributed by atoms with Crippen LogP contribution in [-0.2, 0) is 12.7 Å². The minimum absolute atomic E-state index is 0.158. The highest BCUT2D eigenvalue weighted by molar-refractivity contribution is 5.59. The number of benzene rings is 1. The number of nitrogens with zero attached hydrogens (tertiary/aromatic N) is 2. The summed E-state index contributed by atoms with van der Waals surface area (Å²) in [5.74, 6) is 0. The molecule has 3 nitrogen and oxygen atoms in total. The van der Waals surface area contributed by atoms with Gasteiger partial charge in [0, 0.05) is 18.9 Å². The summed E-state index contributed by atoms with van der Waals surface area (Å²) >= 11 is 0. The van der Waals surface area contributed by atoms with Gasteiger partial charge in [-0.3, -0.25) is 4.98 Å². The molecular weight excluding hydrogens is 267 g/mol. The van der Waals surface area contributed by atoms with Crippen LogP contribution in [0.1, 0.15) is 16.7 Å². The van der Waals surface area contributed by atoms with Crippen molar-refractivity contribution in [3.05, 3.63) is 59.4 Å². The summed E-state index contributed by atoms with van der Waals surface area (Å²) in [6.45, 7) is 0.295. The summed E-state index contributed by atoms with van der Waals surface area (Å²) in [5.41, 5.74) is 0.354. The van der Waals surface area contributed by atoms with Crippen molar-refractivity contribution in [2.24, 2.45) is 0 Å². The number of aromatic nitrogens is 1. The Labute approximate surface area is 113 Å². The molecule has 0 spiro atoms. The number of rotatable bonds is 3. The maximum Gasteiger partial charge on any atom is 0.416 e. The van der Waals surface area contributed by atoms with Gasteiger partial charge >= 0.3 is 6.18 Å². The van der Waals surface area contributed by atoms with E-state index < -0.39 is 11.7 Å². The van der Waals surface area contributed by atoms with Crippen LogP contribution in [0, 0.1) is 11.3 Å². The van der Waals surface area contributed by atoms with Crippen molar-refractivity contribution < 1.29 is 13.2 Å². The van der Waals surface area contributed by atoms with Crippen LogP contribution in [-0.4, -0.2) is 4.98 Å². The topological polar surface area (TPSA) is 48.7 Å². The molecule has 0 radical (unpaired) electrons. The van der Waals surface area contributed by atoms with Crippen molar-refractivity contribution in [3.63, 3.8) is 0 Å². The van der Waals surface area contributed by atoms with Gasteiger partial charge in [-0.1, -0.05) is 6.07 Å². The highest BCUT2D eigenvalue weighted by Gasteiger charge is 2.31. The van der Waals surface area contributed by atoms with Crippen LogP contribution < -0.4 is 5.32 Å². The van der Waals surface area contributed by atoms with Gasteiger partial charge in [0.05, 0.1) is 16.8 Å². The van der Waals surface area contributed by atoms with Gasteiger partial charge in [0.25, 0.3) is 0 Å². The molecule has 0 aliphatic heterocycles. The number of alkyl halides is 3. The quantitative estimate of drug-likeness (QED) is 0.932. The Bertz CT molecular complexity index is 630. The molecule has 1 heterocycles. The molecular formula is C14H10F3N3. The summed E-state index contributed by atoms with van der Waals surface area (Å²) in [7, 11) is 0. The fourth-order valence-electron chi connectivity index (χ4n) is 1.66. The molecule has 102 valence electrons. The largest absolute Gasteiger partial charge is 0.416 e. The fourth-order valence-corrected chi connectivity index (χ4v) is 1.66. The summed E-state index contributed by atoms with van der Waals surface area (Å²) < 4.78 is 37.9. The Morgan fingerprint density at radius 2 is 2.05 bits per heavy atom. The number of nitrogens with one attached hydrogen (secondary N) is 1. The lowest BCUT2D eigenvalue weighted by atomic mass is 10.1. The molecule has 0 bridgehead atoms. The number of hydrogen-bond acceptors (Lipinski definition) is 3. The highest BCUT2D eigenvalue weighted by Crippen LogP contribution is 2.32. The summed E-state index contributed by atoms with van der Waals surface area (Å²) in [4.78, 5) is 3.91. The van der Waals surface area contributed by atoms with E-state index in [9.17, 15) is 13.2 Å². The molecule has 1 N–H and O–H groups in total. The number of anilines is 1. The van der Waals surface area contributed by atoms with Crippen molar-refractivity contribution in [3.8, 4) is 6.07 Å². The summed E-state index contributed by atoms with van der Waals surface area (Å²) in [6.07, 6.45) is -1.22. The second kappa shape index (κ2) is 5.61. The predicted molar refractivity (Wildman–Crippen MR) is 67.7 cm³/mol. The van der Waals surface area contributed by atoms with Crippen LogP contribution in [0.4, 0.5) is 18.9 Å². The van der Waals surface area contributed by atoms with E-state index in [1.165, 1.54) is 0 Å². The number of pyridine rings is 1. The number of halogens is 3. The van der Waals surface area contributed by atoms with E-state index >= 15 is 0 Å². The van der Waals surface area contributed by atoms with E-state index in [-0.39, 0.29) is 11.3 Å². The third-order valence-corrected chi connectivity index (χ3v) is 2.67. The van der Waals surface area contributed by atoms with Gasteiger partial charge in [-0.05, 0) is 29.8 Å². The zero-order chi connectivity index (χ0) is 14.6.